The van der Waals surface area contributed by atoms with Crippen LogP contribution >= 0.6 is 11.8 Å². The number of ether oxygens (including phenoxy) is 2. The molecule has 0 aromatic heterocycles. The highest BCUT2D eigenvalue weighted by Gasteiger charge is 2.36. The Balaban J connectivity index is 1.61. The Labute approximate surface area is 207 Å². The SMILES string of the molecule is COc1ccc(CN2C(=O)C[C@H](C(=O)Nc3ccccc3OC)SC2=Nc2ccccc2F)cc1. The van der Waals surface area contributed by atoms with Gasteiger partial charge in [0.2, 0.25) is 11.8 Å². The highest BCUT2D eigenvalue weighted by Crippen LogP contribution is 2.33. The van der Waals surface area contributed by atoms with Gasteiger partial charge in [0.15, 0.2) is 5.17 Å². The molecule has 1 saturated heterocycles. The molecular weight excluding hydrogens is 469 g/mol. The fraction of sp³-hybridized carbons (Fsp3) is 0.192. The molecule has 4 rings (SSSR count). The lowest BCUT2D eigenvalue weighted by molar-refractivity contribution is -0.129. The van der Waals surface area contributed by atoms with Crippen LogP contribution in [0.2, 0.25) is 0 Å². The zero-order chi connectivity index (χ0) is 24.8. The summed E-state index contributed by atoms with van der Waals surface area (Å²) >= 11 is 1.13. The normalized spacial score (nSPS) is 16.8. The predicted octanol–water partition coefficient (Wildman–Crippen LogP) is 5.00. The molecule has 0 radical (unpaired) electrons. The van der Waals surface area contributed by atoms with Gasteiger partial charge in [0.1, 0.15) is 28.3 Å². The summed E-state index contributed by atoms with van der Waals surface area (Å²) in [6, 6.07) is 20.4. The van der Waals surface area contributed by atoms with Crippen molar-refractivity contribution in [1.82, 2.24) is 4.90 Å². The van der Waals surface area contributed by atoms with Crippen molar-refractivity contribution in [2.24, 2.45) is 4.99 Å². The molecule has 1 aliphatic rings. The van der Waals surface area contributed by atoms with Gasteiger partial charge in [0.25, 0.3) is 0 Å². The molecule has 1 fully saturated rings. The molecule has 0 unspecified atom stereocenters. The number of hydrogen-bond donors (Lipinski definition) is 1. The van der Waals surface area contributed by atoms with E-state index in [-0.39, 0.29) is 35.6 Å². The first kappa shape index (κ1) is 24.3. The zero-order valence-corrected chi connectivity index (χ0v) is 20.0. The topological polar surface area (TPSA) is 80.2 Å². The van der Waals surface area contributed by atoms with Crippen molar-refractivity contribution in [3.63, 3.8) is 0 Å². The third-order valence-corrected chi connectivity index (χ3v) is 6.55. The number of para-hydroxylation sites is 3. The highest BCUT2D eigenvalue weighted by atomic mass is 32.2. The summed E-state index contributed by atoms with van der Waals surface area (Å²) in [4.78, 5) is 32.2. The Kier molecular flexibility index (Phi) is 7.67. The van der Waals surface area contributed by atoms with Crippen LogP contribution in [0, 0.1) is 5.82 Å². The molecule has 0 saturated carbocycles. The molecule has 35 heavy (non-hydrogen) atoms. The van der Waals surface area contributed by atoms with E-state index in [9.17, 15) is 14.0 Å². The molecule has 0 spiro atoms. The van der Waals surface area contributed by atoms with Crippen molar-refractivity contribution in [3.8, 4) is 11.5 Å². The molecule has 0 bridgehead atoms. The Bertz CT molecular complexity index is 1250. The van der Waals surface area contributed by atoms with Crippen molar-refractivity contribution in [3.05, 3.63) is 84.2 Å². The first-order chi connectivity index (χ1) is 17.0. The number of methoxy groups -OCH3 is 2. The lowest BCUT2D eigenvalue weighted by atomic mass is 10.2. The van der Waals surface area contributed by atoms with E-state index in [0.29, 0.717) is 17.2 Å². The Morgan fingerprint density at radius 2 is 1.77 bits per heavy atom. The number of carbonyl (C=O) groups excluding carboxylic acids is 2. The van der Waals surface area contributed by atoms with E-state index in [1.807, 2.05) is 12.1 Å². The third-order valence-electron chi connectivity index (χ3n) is 5.37. The number of carbonyl (C=O) groups is 2. The van der Waals surface area contributed by atoms with E-state index < -0.39 is 11.1 Å². The van der Waals surface area contributed by atoms with Gasteiger partial charge in [-0.1, -0.05) is 48.2 Å². The van der Waals surface area contributed by atoms with E-state index in [1.165, 1.54) is 24.1 Å². The van der Waals surface area contributed by atoms with Crippen LogP contribution in [0.1, 0.15) is 12.0 Å². The van der Waals surface area contributed by atoms with Gasteiger partial charge in [-0.25, -0.2) is 9.38 Å². The maximum Gasteiger partial charge on any atom is 0.238 e. The maximum absolute atomic E-state index is 14.4. The second-order valence-electron chi connectivity index (χ2n) is 7.67. The maximum atomic E-state index is 14.4. The van der Waals surface area contributed by atoms with Crippen LogP contribution in [0.3, 0.4) is 0 Å². The molecule has 1 atom stereocenters. The predicted molar refractivity (Wildman–Crippen MR) is 135 cm³/mol. The number of halogens is 1. The summed E-state index contributed by atoms with van der Waals surface area (Å²) in [5.74, 6) is 0.0434. The number of amides is 2. The Morgan fingerprint density at radius 1 is 1.06 bits per heavy atom. The first-order valence-corrected chi connectivity index (χ1v) is 11.7. The minimum atomic E-state index is -0.745. The van der Waals surface area contributed by atoms with Gasteiger partial charge < -0.3 is 14.8 Å². The average Bonchev–Trinajstić information content (AvgIpc) is 2.88. The molecule has 1 aliphatic heterocycles. The highest BCUT2D eigenvalue weighted by molar-refractivity contribution is 8.15. The van der Waals surface area contributed by atoms with Crippen molar-refractivity contribution in [2.45, 2.75) is 18.2 Å². The van der Waals surface area contributed by atoms with Crippen LogP contribution in [0.15, 0.2) is 77.8 Å². The van der Waals surface area contributed by atoms with Crippen LogP contribution in [0.5, 0.6) is 11.5 Å². The minimum absolute atomic E-state index is 0.0297. The van der Waals surface area contributed by atoms with Crippen LogP contribution in [0.4, 0.5) is 15.8 Å². The summed E-state index contributed by atoms with van der Waals surface area (Å²) in [5, 5.41) is 2.33. The molecule has 3 aromatic carbocycles. The fourth-order valence-corrected chi connectivity index (χ4v) is 4.61. The van der Waals surface area contributed by atoms with Gasteiger partial charge in [0, 0.05) is 6.42 Å². The number of thioether (sulfide) groups is 1. The number of rotatable bonds is 7. The lowest BCUT2D eigenvalue weighted by Crippen LogP contribution is -2.44. The number of nitrogens with one attached hydrogen (secondary N) is 1. The van der Waals surface area contributed by atoms with Gasteiger partial charge in [-0.3, -0.25) is 14.5 Å². The van der Waals surface area contributed by atoms with Crippen LogP contribution < -0.4 is 14.8 Å². The Morgan fingerprint density at radius 3 is 2.49 bits per heavy atom. The number of benzene rings is 3. The first-order valence-electron chi connectivity index (χ1n) is 10.9. The number of aliphatic imine (C=N–C) groups is 1. The van der Waals surface area contributed by atoms with E-state index in [2.05, 4.69) is 10.3 Å². The van der Waals surface area contributed by atoms with Crippen LogP contribution in [0.25, 0.3) is 0 Å². The second-order valence-corrected chi connectivity index (χ2v) is 8.84. The van der Waals surface area contributed by atoms with Crippen molar-refractivity contribution in [2.75, 3.05) is 19.5 Å². The zero-order valence-electron chi connectivity index (χ0n) is 19.2. The minimum Gasteiger partial charge on any atom is -0.497 e. The lowest BCUT2D eigenvalue weighted by Gasteiger charge is -2.32. The van der Waals surface area contributed by atoms with Gasteiger partial charge in [-0.05, 0) is 42.0 Å². The largest absolute Gasteiger partial charge is 0.497 e. The molecule has 180 valence electrons. The summed E-state index contributed by atoms with van der Waals surface area (Å²) in [7, 11) is 3.09. The molecule has 2 amide bonds. The van der Waals surface area contributed by atoms with Crippen molar-refractivity contribution in [1.29, 1.82) is 0 Å². The molecule has 0 aliphatic carbocycles. The molecule has 3 aromatic rings. The van der Waals surface area contributed by atoms with Crippen molar-refractivity contribution < 1.29 is 23.5 Å². The van der Waals surface area contributed by atoms with Crippen LogP contribution in [-0.4, -0.2) is 41.4 Å². The van der Waals surface area contributed by atoms with Gasteiger partial charge >= 0.3 is 0 Å². The van der Waals surface area contributed by atoms with Crippen molar-refractivity contribution >= 4 is 40.1 Å². The number of nitrogens with zero attached hydrogens (tertiary/aromatic N) is 2. The molecule has 1 N–H and O–H groups in total. The molecule has 7 nitrogen and oxygen atoms in total. The second kappa shape index (κ2) is 11.1. The monoisotopic (exact) mass is 493 g/mol. The van der Waals surface area contributed by atoms with Crippen LogP contribution in [-0.2, 0) is 16.1 Å². The number of anilines is 1. The summed E-state index contributed by atoms with van der Waals surface area (Å²) in [5.41, 5.74) is 1.44. The fourth-order valence-electron chi connectivity index (χ4n) is 3.52. The quantitative estimate of drug-likeness (QED) is 0.501. The number of amidine groups is 1. The van der Waals surface area contributed by atoms with E-state index in [4.69, 9.17) is 9.47 Å². The van der Waals surface area contributed by atoms with Gasteiger partial charge in [-0.15, -0.1) is 0 Å². The number of hydrogen-bond acceptors (Lipinski definition) is 6. The van der Waals surface area contributed by atoms with Gasteiger partial charge in [0.05, 0.1) is 26.5 Å². The smallest absolute Gasteiger partial charge is 0.238 e. The summed E-state index contributed by atoms with van der Waals surface area (Å²) in [6.07, 6.45) is -0.0297. The Hall–Kier alpha value is -3.85. The van der Waals surface area contributed by atoms with E-state index in [1.54, 1.807) is 55.6 Å². The molecule has 1 heterocycles. The van der Waals surface area contributed by atoms with Gasteiger partial charge in [-0.2, -0.15) is 0 Å². The standard InChI is InChI=1S/C26H24FN3O4S/c1-33-18-13-11-17(12-14-18)16-30-24(31)15-23(25(32)28-21-9-5-6-10-22(21)34-2)35-26(30)29-20-8-4-3-7-19(20)27/h3-14,23H,15-16H2,1-2H3,(H,28,32)/t23-/m1/s1. The van der Waals surface area contributed by atoms with E-state index in [0.717, 1.165) is 17.3 Å². The van der Waals surface area contributed by atoms with E-state index >= 15 is 0 Å². The average molecular weight is 494 g/mol. The third kappa shape index (κ3) is 5.81. The molecule has 9 heteroatoms. The summed E-state index contributed by atoms with van der Waals surface area (Å²) < 4.78 is 24.9. The molecular formula is C26H24FN3O4S. The summed E-state index contributed by atoms with van der Waals surface area (Å²) in [6.45, 7) is 0.226.